The van der Waals surface area contributed by atoms with Gasteiger partial charge in [0.1, 0.15) is 6.10 Å². The summed E-state index contributed by atoms with van der Waals surface area (Å²) in [5.74, 6) is -0.661. The molecule has 5 nitrogen and oxygen atoms in total. The lowest BCUT2D eigenvalue weighted by Gasteiger charge is -2.31. The summed E-state index contributed by atoms with van der Waals surface area (Å²) in [5.41, 5.74) is 0. The van der Waals surface area contributed by atoms with E-state index in [9.17, 15) is 14.7 Å². The van der Waals surface area contributed by atoms with E-state index in [0.717, 1.165) is 17.7 Å². The summed E-state index contributed by atoms with van der Waals surface area (Å²) in [7, 11) is 0. The zero-order chi connectivity index (χ0) is 26.2. The van der Waals surface area contributed by atoms with Crippen molar-refractivity contribution in [1.82, 2.24) is 0 Å². The van der Waals surface area contributed by atoms with Crippen LogP contribution in [-0.2, 0) is 19.1 Å². The third kappa shape index (κ3) is 10.9. The second kappa shape index (κ2) is 17.4. The van der Waals surface area contributed by atoms with E-state index >= 15 is 0 Å². The van der Waals surface area contributed by atoms with Crippen LogP contribution in [0.2, 0.25) is 0 Å². The van der Waals surface area contributed by atoms with E-state index in [1.54, 1.807) is 18.7 Å². The minimum absolute atomic E-state index is 0.0231. The Morgan fingerprint density at radius 1 is 1.11 bits per heavy atom. The molecule has 1 saturated carbocycles. The molecule has 0 saturated heterocycles. The Labute approximate surface area is 221 Å². The average Bonchev–Trinajstić information content (AvgIpc) is 3.14. The van der Waals surface area contributed by atoms with E-state index in [1.165, 1.54) is 26.2 Å². The summed E-state index contributed by atoms with van der Waals surface area (Å²) in [5, 5.41) is 11.0. The molecule has 1 N–H and O–H groups in total. The molecule has 0 heterocycles. The molecule has 5 atom stereocenters. The van der Waals surface area contributed by atoms with Crippen molar-refractivity contribution in [1.29, 1.82) is 0 Å². The lowest BCUT2D eigenvalue weighted by molar-refractivity contribution is -0.148. The van der Waals surface area contributed by atoms with Crippen LogP contribution in [-0.4, -0.2) is 41.1 Å². The Morgan fingerprint density at radius 2 is 1.89 bits per heavy atom. The minimum Gasteiger partial charge on any atom is -0.466 e. The van der Waals surface area contributed by atoms with Crippen molar-refractivity contribution in [3.05, 3.63) is 54.6 Å². The van der Waals surface area contributed by atoms with Gasteiger partial charge in [-0.1, -0.05) is 62.3 Å². The van der Waals surface area contributed by atoms with E-state index in [4.69, 9.17) is 9.47 Å². The number of aliphatic hydroxyl groups is 1. The predicted molar refractivity (Wildman–Crippen MR) is 147 cm³/mol. The van der Waals surface area contributed by atoms with Gasteiger partial charge in [-0.2, -0.15) is 0 Å². The van der Waals surface area contributed by atoms with Gasteiger partial charge in [0.25, 0.3) is 0 Å². The van der Waals surface area contributed by atoms with E-state index in [2.05, 4.69) is 43.4 Å². The standard InChI is InChI=1S/C30H44O5S/c1-4-6-7-8-9-10-11-15-20-28(36-24-17-13-12-14-18-24)30-25(19-16-21-29(33)34-5-2)26(32)22-27(30)35-23(3)31/h9-10,12-15,17-18,20,25-28,30,32H,4-8,11,16,19,21-22H2,1-3H3/b10-9-,20-15-/t25-,26+,27-,28-,30-/m1/s1. The number of hydrogen-bond donors (Lipinski definition) is 1. The van der Waals surface area contributed by atoms with Gasteiger partial charge < -0.3 is 14.6 Å². The van der Waals surface area contributed by atoms with Gasteiger partial charge in [-0.25, -0.2) is 0 Å². The Bertz CT molecular complexity index is 822. The molecule has 0 radical (unpaired) electrons. The minimum atomic E-state index is -0.577. The van der Waals surface area contributed by atoms with Gasteiger partial charge in [0.15, 0.2) is 0 Å². The van der Waals surface area contributed by atoms with Crippen LogP contribution in [0.15, 0.2) is 59.5 Å². The van der Waals surface area contributed by atoms with Gasteiger partial charge in [-0.3, -0.25) is 9.59 Å². The third-order valence-corrected chi connectivity index (χ3v) is 7.85. The molecule has 0 unspecified atom stereocenters. The molecular formula is C30H44O5S. The number of ether oxygens (including phenoxy) is 2. The second-order valence-electron chi connectivity index (χ2n) is 9.42. The molecule has 0 spiro atoms. The maximum atomic E-state index is 11.9. The number of thioether (sulfide) groups is 1. The number of unbranched alkanes of at least 4 members (excludes halogenated alkanes) is 3. The molecule has 36 heavy (non-hydrogen) atoms. The molecule has 2 rings (SSSR count). The maximum Gasteiger partial charge on any atom is 0.305 e. The summed E-state index contributed by atoms with van der Waals surface area (Å²) >= 11 is 1.74. The first-order valence-corrected chi connectivity index (χ1v) is 14.4. The number of aliphatic hydroxyl groups excluding tert-OH is 1. The summed E-state index contributed by atoms with van der Waals surface area (Å²) in [6.07, 6.45) is 15.6. The van der Waals surface area contributed by atoms with Crippen LogP contribution >= 0.6 is 11.8 Å². The SMILES string of the molecule is CCCCC/C=C\C/C=C\[C@@H](Sc1ccccc1)[C@@H]1[C@H](CCCC(=O)OCC)[C@@H](O)C[C@H]1OC(C)=O. The highest BCUT2D eigenvalue weighted by Crippen LogP contribution is 2.45. The number of hydrogen-bond acceptors (Lipinski definition) is 6. The fourth-order valence-corrected chi connectivity index (χ4v) is 6.27. The third-order valence-electron chi connectivity index (χ3n) is 6.57. The monoisotopic (exact) mass is 516 g/mol. The van der Waals surface area contributed by atoms with E-state index < -0.39 is 6.10 Å². The maximum absolute atomic E-state index is 11.9. The van der Waals surface area contributed by atoms with Gasteiger partial charge in [-0.05, 0) is 57.1 Å². The number of carbonyl (C=O) groups is 2. The van der Waals surface area contributed by atoms with Crippen molar-refractivity contribution < 1.29 is 24.2 Å². The Morgan fingerprint density at radius 3 is 2.58 bits per heavy atom. The molecule has 1 aliphatic carbocycles. The largest absolute Gasteiger partial charge is 0.466 e. The van der Waals surface area contributed by atoms with Crippen molar-refractivity contribution in [2.45, 2.75) is 101 Å². The topological polar surface area (TPSA) is 72.8 Å². The van der Waals surface area contributed by atoms with Crippen molar-refractivity contribution in [3.8, 4) is 0 Å². The quantitative estimate of drug-likeness (QED) is 0.112. The number of esters is 2. The zero-order valence-electron chi connectivity index (χ0n) is 22.1. The molecule has 0 amide bonds. The highest BCUT2D eigenvalue weighted by molar-refractivity contribution is 8.00. The molecule has 0 aliphatic heterocycles. The summed E-state index contributed by atoms with van der Waals surface area (Å²) in [4.78, 5) is 24.9. The second-order valence-corrected chi connectivity index (χ2v) is 10.7. The number of benzene rings is 1. The summed E-state index contributed by atoms with van der Waals surface area (Å²) in [6.45, 7) is 5.81. The van der Waals surface area contributed by atoms with Gasteiger partial charge in [0.2, 0.25) is 0 Å². The molecule has 1 aromatic rings. The van der Waals surface area contributed by atoms with Gasteiger partial charge in [0.05, 0.1) is 12.7 Å². The van der Waals surface area contributed by atoms with Gasteiger partial charge in [-0.15, -0.1) is 11.8 Å². The van der Waals surface area contributed by atoms with Crippen LogP contribution in [0.25, 0.3) is 0 Å². The van der Waals surface area contributed by atoms with Crippen molar-refractivity contribution in [2.24, 2.45) is 11.8 Å². The normalized spacial score (nSPS) is 22.8. The Balaban J connectivity index is 2.19. The van der Waals surface area contributed by atoms with E-state index in [1.807, 2.05) is 18.2 Å². The average molecular weight is 517 g/mol. The molecule has 1 aliphatic rings. The first kappa shape index (κ1) is 30.2. The van der Waals surface area contributed by atoms with Crippen molar-refractivity contribution >= 4 is 23.7 Å². The zero-order valence-corrected chi connectivity index (χ0v) is 23.0. The summed E-state index contributed by atoms with van der Waals surface area (Å²) < 4.78 is 10.8. The Kier molecular flexibility index (Phi) is 14.6. The first-order valence-electron chi connectivity index (χ1n) is 13.5. The molecule has 1 aromatic carbocycles. The molecular weight excluding hydrogens is 472 g/mol. The molecule has 6 heteroatoms. The number of rotatable bonds is 16. The lowest BCUT2D eigenvalue weighted by atomic mass is 9.86. The fraction of sp³-hybridized carbons (Fsp3) is 0.600. The Hall–Kier alpha value is -2.05. The van der Waals surface area contributed by atoms with Gasteiger partial charge in [0, 0.05) is 35.8 Å². The van der Waals surface area contributed by atoms with Crippen LogP contribution < -0.4 is 0 Å². The van der Waals surface area contributed by atoms with Crippen molar-refractivity contribution in [3.63, 3.8) is 0 Å². The molecule has 200 valence electrons. The molecule has 1 fully saturated rings. The first-order chi connectivity index (χ1) is 17.5. The predicted octanol–water partition coefficient (Wildman–Crippen LogP) is 6.89. The van der Waals surface area contributed by atoms with Gasteiger partial charge >= 0.3 is 11.9 Å². The van der Waals surface area contributed by atoms with Crippen LogP contribution in [0.4, 0.5) is 0 Å². The number of allylic oxidation sites excluding steroid dienone is 3. The molecule has 0 aromatic heterocycles. The van der Waals surface area contributed by atoms with Crippen LogP contribution in [0.5, 0.6) is 0 Å². The number of carbonyl (C=O) groups excluding carboxylic acids is 2. The lowest BCUT2D eigenvalue weighted by Crippen LogP contribution is -2.33. The van der Waals surface area contributed by atoms with Crippen LogP contribution in [0.3, 0.4) is 0 Å². The van der Waals surface area contributed by atoms with E-state index in [-0.39, 0.29) is 35.1 Å². The van der Waals surface area contributed by atoms with Crippen molar-refractivity contribution in [2.75, 3.05) is 6.61 Å². The highest BCUT2D eigenvalue weighted by Gasteiger charge is 2.47. The van der Waals surface area contributed by atoms with E-state index in [0.29, 0.717) is 32.3 Å². The fourth-order valence-electron chi connectivity index (χ4n) is 4.92. The van der Waals surface area contributed by atoms with Crippen LogP contribution in [0.1, 0.15) is 78.6 Å². The summed E-state index contributed by atoms with van der Waals surface area (Å²) in [6, 6.07) is 10.2. The smallest absolute Gasteiger partial charge is 0.305 e. The highest BCUT2D eigenvalue weighted by atomic mass is 32.2. The van der Waals surface area contributed by atoms with Crippen LogP contribution in [0, 0.1) is 11.8 Å². The molecule has 0 bridgehead atoms.